The molecule has 2 aliphatic heterocycles. The van der Waals surface area contributed by atoms with Gasteiger partial charge in [-0.2, -0.15) is 4.31 Å². The van der Waals surface area contributed by atoms with E-state index in [1.54, 1.807) is 36.3 Å². The Labute approximate surface area is 217 Å². The maximum absolute atomic E-state index is 12.8. The first-order valence-electron chi connectivity index (χ1n) is 12.0. The summed E-state index contributed by atoms with van der Waals surface area (Å²) >= 11 is 5.91. The van der Waals surface area contributed by atoms with Crippen LogP contribution in [0.5, 0.6) is 5.75 Å². The monoisotopic (exact) mass is 534 g/mol. The van der Waals surface area contributed by atoms with E-state index in [1.807, 2.05) is 24.3 Å². The van der Waals surface area contributed by atoms with Crippen molar-refractivity contribution in [1.29, 1.82) is 0 Å². The maximum Gasteiger partial charge on any atom is 0.227 e. The van der Waals surface area contributed by atoms with Gasteiger partial charge in [-0.3, -0.25) is 9.59 Å². The molecule has 2 aromatic rings. The average Bonchev–Trinajstić information content (AvgIpc) is 3.28. The van der Waals surface area contributed by atoms with Crippen LogP contribution in [0.4, 0.5) is 11.4 Å². The van der Waals surface area contributed by atoms with Crippen molar-refractivity contribution < 1.29 is 22.7 Å². The average molecular weight is 535 g/mol. The van der Waals surface area contributed by atoms with E-state index in [9.17, 15) is 18.0 Å². The molecule has 1 atom stereocenters. The number of sulfonamides is 1. The van der Waals surface area contributed by atoms with Gasteiger partial charge in [0.2, 0.25) is 21.8 Å². The van der Waals surface area contributed by atoms with Gasteiger partial charge in [-0.25, -0.2) is 8.42 Å². The zero-order valence-electron chi connectivity index (χ0n) is 20.2. The minimum Gasteiger partial charge on any atom is -0.497 e. The molecule has 2 aliphatic rings. The normalized spacial score (nSPS) is 18.9. The first kappa shape index (κ1) is 26.2. The van der Waals surface area contributed by atoms with Crippen LogP contribution in [0.15, 0.2) is 48.5 Å². The smallest absolute Gasteiger partial charge is 0.227 e. The number of hydrogen-bond donors (Lipinski definition) is 1. The fourth-order valence-electron chi connectivity index (χ4n) is 4.51. The SMILES string of the molecule is COc1ccc(N2CCN(S(=O)(=O)CCCNC(=O)C3CC(=O)N(c4ccc(Cl)cc4)C3)CC2)cc1. The number of anilines is 2. The fraction of sp³-hybridized carbons (Fsp3) is 0.440. The van der Waals surface area contributed by atoms with Crippen LogP contribution >= 0.6 is 11.6 Å². The Kier molecular flexibility index (Phi) is 8.38. The number of rotatable bonds is 9. The van der Waals surface area contributed by atoms with Gasteiger partial charge in [-0.1, -0.05) is 11.6 Å². The lowest BCUT2D eigenvalue weighted by Gasteiger charge is -2.35. The van der Waals surface area contributed by atoms with Gasteiger partial charge >= 0.3 is 0 Å². The maximum atomic E-state index is 12.8. The minimum atomic E-state index is -3.41. The van der Waals surface area contributed by atoms with Crippen LogP contribution in [0.2, 0.25) is 5.02 Å². The van der Waals surface area contributed by atoms with Crippen molar-refractivity contribution in [2.45, 2.75) is 12.8 Å². The standard InChI is InChI=1S/C25H31ClN4O5S/c1-35-23-9-7-21(8-10-23)28-12-14-29(15-13-28)36(33,34)16-2-11-27-25(32)19-17-24(31)30(18-19)22-5-3-20(26)4-6-22/h3-10,19H,2,11-18H2,1H3,(H,27,32). The first-order valence-corrected chi connectivity index (χ1v) is 14.0. The summed E-state index contributed by atoms with van der Waals surface area (Å²) in [6, 6.07) is 14.6. The zero-order valence-corrected chi connectivity index (χ0v) is 21.8. The number of carbonyl (C=O) groups is 2. The third-order valence-electron chi connectivity index (χ3n) is 6.58. The fourth-order valence-corrected chi connectivity index (χ4v) is 6.12. The van der Waals surface area contributed by atoms with Gasteiger partial charge in [0, 0.05) is 62.1 Å². The van der Waals surface area contributed by atoms with Crippen molar-refractivity contribution in [2.24, 2.45) is 5.92 Å². The highest BCUT2D eigenvalue weighted by Crippen LogP contribution is 2.26. The van der Waals surface area contributed by atoms with E-state index >= 15 is 0 Å². The molecule has 0 saturated carbocycles. The number of carbonyl (C=O) groups excluding carboxylic acids is 2. The summed E-state index contributed by atoms with van der Waals surface area (Å²) in [5.74, 6) is -0.0588. The van der Waals surface area contributed by atoms with Gasteiger partial charge in [0.1, 0.15) is 5.75 Å². The van der Waals surface area contributed by atoms with Crippen molar-refractivity contribution in [1.82, 2.24) is 9.62 Å². The molecule has 2 heterocycles. The number of amides is 2. The molecule has 2 fully saturated rings. The Hall–Kier alpha value is -2.82. The van der Waals surface area contributed by atoms with Crippen molar-refractivity contribution in [2.75, 3.05) is 61.9 Å². The van der Waals surface area contributed by atoms with E-state index in [2.05, 4.69) is 10.2 Å². The molecular weight excluding hydrogens is 504 g/mol. The third-order valence-corrected chi connectivity index (χ3v) is 8.79. The molecular formula is C25H31ClN4O5S. The molecule has 194 valence electrons. The van der Waals surface area contributed by atoms with Gasteiger partial charge < -0.3 is 19.9 Å². The van der Waals surface area contributed by atoms with Crippen LogP contribution in [-0.2, 0) is 19.6 Å². The zero-order chi connectivity index (χ0) is 25.7. The Morgan fingerprint density at radius 3 is 2.31 bits per heavy atom. The quantitative estimate of drug-likeness (QED) is 0.496. The van der Waals surface area contributed by atoms with E-state index in [-0.39, 0.29) is 30.5 Å². The number of piperazine rings is 1. The summed E-state index contributed by atoms with van der Waals surface area (Å²) in [6.45, 7) is 2.61. The van der Waals surface area contributed by atoms with E-state index in [1.165, 1.54) is 4.31 Å². The summed E-state index contributed by atoms with van der Waals surface area (Å²) in [5, 5.41) is 3.38. The van der Waals surface area contributed by atoms with Crippen LogP contribution in [0.25, 0.3) is 0 Å². The molecule has 0 spiro atoms. The summed E-state index contributed by atoms with van der Waals surface area (Å²) in [5.41, 5.74) is 1.74. The van der Waals surface area contributed by atoms with Crippen molar-refractivity contribution in [3.8, 4) is 5.75 Å². The molecule has 0 aromatic heterocycles. The van der Waals surface area contributed by atoms with Crippen molar-refractivity contribution in [3.05, 3.63) is 53.6 Å². The molecule has 1 N–H and O–H groups in total. The predicted octanol–water partition coefficient (Wildman–Crippen LogP) is 2.36. The van der Waals surface area contributed by atoms with Crippen LogP contribution in [0.3, 0.4) is 0 Å². The Balaban J connectivity index is 1.19. The van der Waals surface area contributed by atoms with E-state index < -0.39 is 15.9 Å². The number of hydrogen-bond acceptors (Lipinski definition) is 6. The van der Waals surface area contributed by atoms with Gasteiger partial charge in [0.05, 0.1) is 18.8 Å². The lowest BCUT2D eigenvalue weighted by Crippen LogP contribution is -2.49. The van der Waals surface area contributed by atoms with Gasteiger partial charge in [-0.15, -0.1) is 0 Å². The van der Waals surface area contributed by atoms with E-state index in [0.717, 1.165) is 11.4 Å². The van der Waals surface area contributed by atoms with Gasteiger partial charge in [0.15, 0.2) is 0 Å². The second-order valence-electron chi connectivity index (χ2n) is 8.93. The number of methoxy groups -OCH3 is 1. The Morgan fingerprint density at radius 1 is 1.03 bits per heavy atom. The molecule has 0 radical (unpaired) electrons. The molecule has 2 saturated heterocycles. The highest BCUT2D eigenvalue weighted by atomic mass is 35.5. The highest BCUT2D eigenvalue weighted by Gasteiger charge is 2.35. The first-order chi connectivity index (χ1) is 17.3. The van der Waals surface area contributed by atoms with Gasteiger partial charge in [0.25, 0.3) is 0 Å². The molecule has 1 unspecified atom stereocenters. The lowest BCUT2D eigenvalue weighted by atomic mass is 10.1. The summed E-state index contributed by atoms with van der Waals surface area (Å²) in [7, 11) is -1.79. The van der Waals surface area contributed by atoms with Gasteiger partial charge in [-0.05, 0) is 55.0 Å². The summed E-state index contributed by atoms with van der Waals surface area (Å²) in [6.07, 6.45) is 0.444. The number of ether oxygens (including phenoxy) is 1. The topological polar surface area (TPSA) is 99.3 Å². The molecule has 36 heavy (non-hydrogen) atoms. The third kappa shape index (κ3) is 6.29. The van der Waals surface area contributed by atoms with E-state index in [4.69, 9.17) is 16.3 Å². The summed E-state index contributed by atoms with van der Waals surface area (Å²) < 4.78 is 32.3. The second-order valence-corrected chi connectivity index (χ2v) is 11.5. The van der Waals surface area contributed by atoms with Crippen molar-refractivity contribution >= 4 is 44.8 Å². The molecule has 0 bridgehead atoms. The molecule has 2 amide bonds. The minimum absolute atomic E-state index is 0.0314. The second kappa shape index (κ2) is 11.5. The summed E-state index contributed by atoms with van der Waals surface area (Å²) in [4.78, 5) is 28.7. The largest absolute Gasteiger partial charge is 0.497 e. The van der Waals surface area contributed by atoms with Crippen LogP contribution in [-0.4, -0.2) is 76.7 Å². The van der Waals surface area contributed by atoms with Crippen LogP contribution in [0, 0.1) is 5.92 Å². The van der Waals surface area contributed by atoms with E-state index in [0.29, 0.717) is 49.9 Å². The molecule has 4 rings (SSSR count). The Morgan fingerprint density at radius 2 is 1.67 bits per heavy atom. The highest BCUT2D eigenvalue weighted by molar-refractivity contribution is 7.89. The number of halogens is 1. The van der Waals surface area contributed by atoms with Crippen molar-refractivity contribution in [3.63, 3.8) is 0 Å². The molecule has 11 heteroatoms. The lowest BCUT2D eigenvalue weighted by molar-refractivity contribution is -0.126. The Bertz CT molecular complexity index is 1170. The number of nitrogens with zero attached hydrogens (tertiary/aromatic N) is 3. The molecule has 9 nitrogen and oxygen atoms in total. The molecule has 2 aromatic carbocycles. The van der Waals surface area contributed by atoms with Crippen LogP contribution in [0.1, 0.15) is 12.8 Å². The number of benzene rings is 2. The molecule has 0 aliphatic carbocycles. The van der Waals surface area contributed by atoms with Crippen LogP contribution < -0.4 is 19.9 Å². The number of nitrogens with one attached hydrogen (secondary N) is 1. The predicted molar refractivity (Wildman–Crippen MR) is 140 cm³/mol.